The quantitative estimate of drug-likeness (QED) is 0.857. The second-order valence-electron chi connectivity index (χ2n) is 4.98. The molecule has 3 heterocycles. The summed E-state index contributed by atoms with van der Waals surface area (Å²) < 4.78 is 1.13. The Kier molecular flexibility index (Phi) is 5.32. The van der Waals surface area contributed by atoms with Gasteiger partial charge in [-0.15, -0.1) is 22.7 Å². The van der Waals surface area contributed by atoms with Crippen molar-refractivity contribution in [2.24, 2.45) is 0 Å². The highest BCUT2D eigenvalue weighted by Crippen LogP contribution is 2.22. The van der Waals surface area contributed by atoms with E-state index in [4.69, 9.17) is 0 Å². The Hall–Kier alpha value is -1.12. The van der Waals surface area contributed by atoms with Crippen molar-refractivity contribution in [3.8, 4) is 0 Å². The standard InChI is InChI=1S/C14H17BrN4OS2/c15-12-2-1-11(22-12)3-4-16-13(20)18-6-8-19(9-7-18)14-17-5-10-21-14/h1-2,5,10H,3-4,6-9H2,(H,16,20). The van der Waals surface area contributed by atoms with Gasteiger partial charge in [-0.1, -0.05) is 0 Å². The van der Waals surface area contributed by atoms with Gasteiger partial charge in [0.25, 0.3) is 0 Å². The van der Waals surface area contributed by atoms with Crippen LogP contribution in [0.2, 0.25) is 0 Å². The number of aromatic nitrogens is 1. The molecule has 22 heavy (non-hydrogen) atoms. The van der Waals surface area contributed by atoms with Gasteiger partial charge in [0, 0.05) is 49.2 Å². The van der Waals surface area contributed by atoms with Crippen molar-refractivity contribution < 1.29 is 4.79 Å². The first kappa shape index (κ1) is 15.8. The van der Waals surface area contributed by atoms with Gasteiger partial charge >= 0.3 is 6.03 Å². The minimum atomic E-state index is 0.0365. The number of urea groups is 1. The summed E-state index contributed by atoms with van der Waals surface area (Å²) in [5.74, 6) is 0. The minimum absolute atomic E-state index is 0.0365. The van der Waals surface area contributed by atoms with Crippen molar-refractivity contribution in [1.82, 2.24) is 15.2 Å². The highest BCUT2D eigenvalue weighted by molar-refractivity contribution is 9.11. The van der Waals surface area contributed by atoms with Crippen molar-refractivity contribution >= 4 is 49.8 Å². The van der Waals surface area contributed by atoms with E-state index in [0.717, 1.165) is 41.5 Å². The maximum Gasteiger partial charge on any atom is 0.317 e. The molecule has 0 aliphatic carbocycles. The van der Waals surface area contributed by atoms with E-state index in [1.165, 1.54) is 4.88 Å². The Balaban J connectivity index is 1.40. The summed E-state index contributed by atoms with van der Waals surface area (Å²) in [5, 5.41) is 6.03. The smallest absolute Gasteiger partial charge is 0.317 e. The SMILES string of the molecule is O=C(NCCc1ccc(Br)s1)N1CCN(c2nccs2)CC1. The highest BCUT2D eigenvalue weighted by atomic mass is 79.9. The van der Waals surface area contributed by atoms with Crippen LogP contribution in [-0.2, 0) is 6.42 Å². The van der Waals surface area contributed by atoms with Crippen molar-refractivity contribution in [3.05, 3.63) is 32.4 Å². The molecule has 0 spiro atoms. The zero-order chi connectivity index (χ0) is 15.4. The van der Waals surface area contributed by atoms with Gasteiger partial charge in [0.1, 0.15) is 0 Å². The van der Waals surface area contributed by atoms with Gasteiger partial charge in [-0.3, -0.25) is 0 Å². The maximum absolute atomic E-state index is 12.2. The molecule has 0 aromatic carbocycles. The molecule has 2 amide bonds. The Morgan fingerprint density at radius 3 is 2.77 bits per heavy atom. The number of nitrogens with zero attached hydrogens (tertiary/aromatic N) is 3. The van der Waals surface area contributed by atoms with Crippen LogP contribution >= 0.6 is 38.6 Å². The van der Waals surface area contributed by atoms with Crippen molar-refractivity contribution in [2.45, 2.75) is 6.42 Å². The van der Waals surface area contributed by atoms with Gasteiger partial charge in [-0.25, -0.2) is 9.78 Å². The number of amides is 2. The third-order valence-corrected chi connectivity index (χ3v) is 6.05. The van der Waals surface area contributed by atoms with Crippen LogP contribution < -0.4 is 10.2 Å². The molecule has 3 rings (SSSR count). The van der Waals surface area contributed by atoms with Crippen LogP contribution in [0, 0.1) is 0 Å². The largest absolute Gasteiger partial charge is 0.345 e. The second kappa shape index (κ2) is 7.43. The second-order valence-corrected chi connectivity index (χ2v) is 8.40. The summed E-state index contributed by atoms with van der Waals surface area (Å²) in [7, 11) is 0. The number of carbonyl (C=O) groups excluding carboxylic acids is 1. The monoisotopic (exact) mass is 400 g/mol. The van der Waals surface area contributed by atoms with Crippen LogP contribution in [-0.4, -0.2) is 48.6 Å². The molecule has 1 saturated heterocycles. The number of carbonyl (C=O) groups is 1. The topological polar surface area (TPSA) is 48.5 Å². The van der Waals surface area contributed by atoms with Crippen LogP contribution in [0.15, 0.2) is 27.5 Å². The molecule has 1 N–H and O–H groups in total. The lowest BCUT2D eigenvalue weighted by Gasteiger charge is -2.34. The fraction of sp³-hybridized carbons (Fsp3) is 0.429. The van der Waals surface area contributed by atoms with E-state index in [1.54, 1.807) is 22.7 Å². The van der Waals surface area contributed by atoms with Gasteiger partial charge in [0.15, 0.2) is 5.13 Å². The van der Waals surface area contributed by atoms with E-state index in [9.17, 15) is 4.79 Å². The number of nitrogens with one attached hydrogen (secondary N) is 1. The highest BCUT2D eigenvalue weighted by Gasteiger charge is 2.21. The fourth-order valence-electron chi connectivity index (χ4n) is 2.36. The van der Waals surface area contributed by atoms with E-state index in [1.807, 2.05) is 22.5 Å². The molecule has 1 aliphatic heterocycles. The molecule has 8 heteroatoms. The molecule has 0 unspecified atom stereocenters. The van der Waals surface area contributed by atoms with Gasteiger partial charge in [-0.05, 0) is 34.5 Å². The summed E-state index contributed by atoms with van der Waals surface area (Å²) >= 11 is 6.81. The van der Waals surface area contributed by atoms with E-state index < -0.39 is 0 Å². The summed E-state index contributed by atoms with van der Waals surface area (Å²) in [6, 6.07) is 4.17. The van der Waals surface area contributed by atoms with E-state index in [2.05, 4.69) is 37.2 Å². The Labute approximate surface area is 146 Å². The van der Waals surface area contributed by atoms with Gasteiger partial charge in [0.05, 0.1) is 3.79 Å². The lowest BCUT2D eigenvalue weighted by atomic mass is 10.3. The Bertz CT molecular complexity index is 608. The van der Waals surface area contributed by atoms with E-state index >= 15 is 0 Å². The predicted molar refractivity (Wildman–Crippen MR) is 95.0 cm³/mol. The van der Waals surface area contributed by atoms with Crippen LogP contribution in [0.4, 0.5) is 9.93 Å². The molecule has 1 fully saturated rings. The molecule has 0 saturated carbocycles. The van der Waals surface area contributed by atoms with Gasteiger partial charge in [-0.2, -0.15) is 0 Å². The zero-order valence-electron chi connectivity index (χ0n) is 12.0. The molecule has 1 aliphatic rings. The molecule has 2 aromatic rings. The number of thiazole rings is 1. The average molecular weight is 401 g/mol. The lowest BCUT2D eigenvalue weighted by Crippen LogP contribution is -2.52. The zero-order valence-corrected chi connectivity index (χ0v) is 15.2. The van der Waals surface area contributed by atoms with Crippen LogP contribution in [0.5, 0.6) is 0 Å². The first-order chi connectivity index (χ1) is 10.7. The Morgan fingerprint density at radius 2 is 2.14 bits per heavy atom. The normalized spacial score (nSPS) is 15.1. The predicted octanol–water partition coefficient (Wildman–Crippen LogP) is 3.04. The van der Waals surface area contributed by atoms with Crippen LogP contribution in [0.25, 0.3) is 0 Å². The summed E-state index contributed by atoms with van der Waals surface area (Å²) in [6.45, 7) is 3.86. The van der Waals surface area contributed by atoms with Gasteiger partial charge < -0.3 is 15.1 Å². The molecule has 0 atom stereocenters. The molecular formula is C14H17BrN4OS2. The summed E-state index contributed by atoms with van der Waals surface area (Å²) in [4.78, 5) is 21.9. The number of halogens is 1. The number of rotatable bonds is 4. The average Bonchev–Trinajstić information content (AvgIpc) is 3.19. The first-order valence-electron chi connectivity index (χ1n) is 7.14. The number of hydrogen-bond acceptors (Lipinski definition) is 5. The van der Waals surface area contributed by atoms with Crippen molar-refractivity contribution in [2.75, 3.05) is 37.6 Å². The van der Waals surface area contributed by atoms with Crippen molar-refractivity contribution in [1.29, 1.82) is 0 Å². The molecule has 5 nitrogen and oxygen atoms in total. The maximum atomic E-state index is 12.2. The van der Waals surface area contributed by atoms with Crippen molar-refractivity contribution in [3.63, 3.8) is 0 Å². The molecule has 2 aromatic heterocycles. The lowest BCUT2D eigenvalue weighted by molar-refractivity contribution is 0.194. The Morgan fingerprint density at radius 1 is 1.32 bits per heavy atom. The third-order valence-electron chi connectivity index (χ3n) is 3.53. The van der Waals surface area contributed by atoms with Crippen LogP contribution in [0.1, 0.15) is 4.88 Å². The number of hydrogen-bond donors (Lipinski definition) is 1. The first-order valence-corrected chi connectivity index (χ1v) is 9.63. The summed E-state index contributed by atoms with van der Waals surface area (Å²) in [5.41, 5.74) is 0. The number of thiophene rings is 1. The van der Waals surface area contributed by atoms with Gasteiger partial charge in [0.2, 0.25) is 0 Å². The van der Waals surface area contributed by atoms with Crippen LogP contribution in [0.3, 0.4) is 0 Å². The molecule has 0 bridgehead atoms. The molecule has 0 radical (unpaired) electrons. The van der Waals surface area contributed by atoms with E-state index in [0.29, 0.717) is 6.54 Å². The summed E-state index contributed by atoms with van der Waals surface area (Å²) in [6.07, 6.45) is 2.70. The number of anilines is 1. The molecule has 118 valence electrons. The molecular weight excluding hydrogens is 384 g/mol. The third kappa shape index (κ3) is 3.99. The van der Waals surface area contributed by atoms with E-state index in [-0.39, 0.29) is 6.03 Å². The fourth-order valence-corrected chi connectivity index (χ4v) is 4.54. The number of piperazine rings is 1. The minimum Gasteiger partial charge on any atom is -0.345 e.